The van der Waals surface area contributed by atoms with Gasteiger partial charge in [0.1, 0.15) is 5.56 Å². The quantitative estimate of drug-likeness (QED) is 0.436. The first kappa shape index (κ1) is 26.1. The third-order valence-electron chi connectivity index (χ3n) is 5.68. The van der Waals surface area contributed by atoms with Crippen LogP contribution in [0.2, 0.25) is 0 Å². The molecular formula is C22H30N2O6S2. The molecular weight excluding hydrogens is 452 g/mol. The number of fused-ring (bicyclic) bond motifs is 1. The predicted molar refractivity (Wildman–Crippen MR) is 127 cm³/mol. The van der Waals surface area contributed by atoms with Crippen LogP contribution < -0.4 is 4.18 Å². The fourth-order valence-electron chi connectivity index (χ4n) is 4.20. The van der Waals surface area contributed by atoms with E-state index in [0.29, 0.717) is 17.7 Å². The van der Waals surface area contributed by atoms with Crippen LogP contribution in [0.4, 0.5) is 0 Å². The predicted octanol–water partition coefficient (Wildman–Crippen LogP) is 4.54. The Kier molecular flexibility index (Phi) is 7.93. The monoisotopic (exact) mass is 482 g/mol. The third kappa shape index (κ3) is 4.91. The van der Waals surface area contributed by atoms with Gasteiger partial charge in [0.25, 0.3) is 0 Å². The van der Waals surface area contributed by atoms with Crippen molar-refractivity contribution in [3.8, 4) is 5.88 Å². The summed E-state index contributed by atoms with van der Waals surface area (Å²) >= 11 is 1.84. The first-order valence-corrected chi connectivity index (χ1v) is 12.9. The van der Waals surface area contributed by atoms with Gasteiger partial charge in [-0.1, -0.05) is 20.8 Å². The van der Waals surface area contributed by atoms with Crippen LogP contribution in [0, 0.1) is 30.7 Å². The van der Waals surface area contributed by atoms with E-state index in [-0.39, 0.29) is 28.4 Å². The van der Waals surface area contributed by atoms with Crippen molar-refractivity contribution >= 4 is 27.7 Å². The molecule has 0 atom stereocenters. The van der Waals surface area contributed by atoms with Gasteiger partial charge in [0, 0.05) is 27.4 Å². The van der Waals surface area contributed by atoms with Crippen molar-refractivity contribution in [3.63, 3.8) is 0 Å². The van der Waals surface area contributed by atoms with E-state index in [9.17, 15) is 13.2 Å². The molecule has 0 bridgehead atoms. The van der Waals surface area contributed by atoms with E-state index >= 15 is 0 Å². The molecule has 0 saturated heterocycles. The SMILES string of the molecule is CCCS(=O)(=O)Oc1c(C(=O)c2cc(C)c3c(c2C)C(C)(C)CCS3)c(C)nn1C.O=O. The number of thioether (sulfide) groups is 1. The van der Waals surface area contributed by atoms with Crippen LogP contribution >= 0.6 is 11.8 Å². The van der Waals surface area contributed by atoms with Gasteiger partial charge >= 0.3 is 10.1 Å². The summed E-state index contributed by atoms with van der Waals surface area (Å²) in [5.74, 6) is 0.668. The first-order chi connectivity index (χ1) is 14.9. The van der Waals surface area contributed by atoms with Gasteiger partial charge in [0.05, 0.1) is 11.4 Å². The number of rotatable bonds is 6. The lowest BCUT2D eigenvalue weighted by Gasteiger charge is -2.35. The van der Waals surface area contributed by atoms with Crippen LogP contribution in [0.5, 0.6) is 5.88 Å². The van der Waals surface area contributed by atoms with E-state index in [2.05, 4.69) is 18.9 Å². The molecule has 1 aromatic carbocycles. The van der Waals surface area contributed by atoms with Crippen LogP contribution in [0.25, 0.3) is 0 Å². The van der Waals surface area contributed by atoms with Crippen molar-refractivity contribution in [2.75, 3.05) is 11.5 Å². The van der Waals surface area contributed by atoms with Gasteiger partial charge in [-0.05, 0) is 67.5 Å². The highest BCUT2D eigenvalue weighted by atomic mass is 32.2. The Balaban J connectivity index is 0.00000176. The maximum absolute atomic E-state index is 13.7. The molecule has 2 heterocycles. The molecule has 0 fully saturated rings. The molecule has 0 spiro atoms. The summed E-state index contributed by atoms with van der Waals surface area (Å²) in [5.41, 5.74) is 4.44. The third-order valence-corrected chi connectivity index (χ3v) is 8.22. The Morgan fingerprint density at radius 2 is 1.88 bits per heavy atom. The Labute approximate surface area is 193 Å². The molecule has 8 nitrogen and oxygen atoms in total. The molecule has 1 aliphatic rings. The van der Waals surface area contributed by atoms with Gasteiger partial charge in [-0.3, -0.25) is 4.79 Å². The van der Waals surface area contributed by atoms with Gasteiger partial charge in [-0.25, -0.2) is 4.68 Å². The number of aryl methyl sites for hydroxylation is 3. The molecule has 0 unspecified atom stereocenters. The van der Waals surface area contributed by atoms with Crippen molar-refractivity contribution in [2.45, 2.75) is 64.7 Å². The summed E-state index contributed by atoms with van der Waals surface area (Å²) in [6.45, 7) is 11.9. The summed E-state index contributed by atoms with van der Waals surface area (Å²) in [6.07, 6.45) is 1.47. The summed E-state index contributed by atoms with van der Waals surface area (Å²) in [5, 5.41) is 4.27. The number of benzene rings is 1. The molecule has 10 heteroatoms. The minimum atomic E-state index is -3.80. The molecule has 1 aromatic heterocycles. The normalized spacial score (nSPS) is 14.8. The molecule has 0 amide bonds. The van der Waals surface area contributed by atoms with Gasteiger partial charge < -0.3 is 4.18 Å². The highest BCUT2D eigenvalue weighted by Crippen LogP contribution is 2.46. The molecule has 0 saturated carbocycles. The summed E-state index contributed by atoms with van der Waals surface area (Å²) in [7, 11) is -2.21. The summed E-state index contributed by atoms with van der Waals surface area (Å²) in [6, 6.07) is 1.92. The Bertz CT molecular complexity index is 1140. The second-order valence-electron chi connectivity index (χ2n) is 8.62. The van der Waals surface area contributed by atoms with E-state index in [1.165, 1.54) is 15.1 Å². The zero-order chi connectivity index (χ0) is 24.4. The van der Waals surface area contributed by atoms with E-state index < -0.39 is 10.1 Å². The van der Waals surface area contributed by atoms with Crippen LogP contribution in [0.1, 0.15) is 71.9 Å². The Hall–Kier alpha value is -2.20. The van der Waals surface area contributed by atoms with Crippen LogP contribution in [0.3, 0.4) is 0 Å². The van der Waals surface area contributed by atoms with Gasteiger partial charge in [-0.2, -0.15) is 13.5 Å². The van der Waals surface area contributed by atoms with Crippen LogP contribution in [0.15, 0.2) is 11.0 Å². The molecule has 3 rings (SSSR count). The van der Waals surface area contributed by atoms with E-state index in [1.807, 2.05) is 31.7 Å². The van der Waals surface area contributed by atoms with Crippen molar-refractivity contribution in [1.82, 2.24) is 9.78 Å². The molecule has 0 N–H and O–H groups in total. The molecule has 0 aliphatic carbocycles. The smallest absolute Gasteiger partial charge is 0.310 e. The number of ketones is 1. The molecule has 1 aliphatic heterocycles. The maximum atomic E-state index is 13.7. The van der Waals surface area contributed by atoms with E-state index in [4.69, 9.17) is 14.1 Å². The molecule has 176 valence electrons. The summed E-state index contributed by atoms with van der Waals surface area (Å²) in [4.78, 5) is 28.9. The van der Waals surface area contributed by atoms with Gasteiger partial charge in [0.2, 0.25) is 11.7 Å². The van der Waals surface area contributed by atoms with E-state index in [1.54, 1.807) is 20.9 Å². The standard InChI is InChI=1S/C22H30N2O4S2.O2/c1-8-11-30(26,27)28-21-17(15(4)23-24(21)7)19(25)16-12-13(2)20-18(14(16)3)22(5,6)9-10-29-20;1-2/h12H,8-11H2,1-7H3;. The van der Waals surface area contributed by atoms with Crippen molar-refractivity contribution in [2.24, 2.45) is 7.05 Å². The average molecular weight is 483 g/mol. The highest BCUT2D eigenvalue weighted by Gasteiger charge is 2.34. The molecule has 2 aromatic rings. The Morgan fingerprint density at radius 3 is 2.47 bits per heavy atom. The zero-order valence-corrected chi connectivity index (χ0v) is 21.2. The Morgan fingerprint density at radius 1 is 1.25 bits per heavy atom. The van der Waals surface area contributed by atoms with Gasteiger partial charge in [0.15, 0.2) is 0 Å². The largest absolute Gasteiger partial charge is 0.361 e. The van der Waals surface area contributed by atoms with E-state index in [0.717, 1.165) is 23.3 Å². The average Bonchev–Trinajstić information content (AvgIpc) is 2.97. The number of hydrogen-bond donors (Lipinski definition) is 0. The zero-order valence-electron chi connectivity index (χ0n) is 19.6. The lowest BCUT2D eigenvalue weighted by molar-refractivity contribution is 0.103. The van der Waals surface area contributed by atoms with Crippen LogP contribution in [-0.2, 0) is 22.6 Å². The first-order valence-electron chi connectivity index (χ1n) is 10.3. The van der Waals surface area contributed by atoms with Gasteiger partial charge in [-0.15, -0.1) is 11.8 Å². The topological polar surface area (TPSA) is 112 Å². The molecule has 32 heavy (non-hydrogen) atoms. The number of carbonyl (C=O) groups is 1. The second kappa shape index (κ2) is 9.74. The fraction of sp³-hybridized carbons (Fsp3) is 0.545. The number of aromatic nitrogens is 2. The lowest BCUT2D eigenvalue weighted by atomic mass is 9.76. The number of nitrogens with zero attached hydrogens (tertiary/aromatic N) is 2. The second-order valence-corrected chi connectivity index (χ2v) is 11.4. The minimum absolute atomic E-state index is 0.0191. The maximum Gasteiger partial charge on any atom is 0.310 e. The number of hydrogen-bond acceptors (Lipinski definition) is 8. The lowest BCUT2D eigenvalue weighted by Crippen LogP contribution is -2.26. The molecule has 0 radical (unpaired) electrons. The van der Waals surface area contributed by atoms with Crippen molar-refractivity contribution < 1.29 is 17.4 Å². The summed E-state index contributed by atoms with van der Waals surface area (Å²) < 4.78 is 31.3. The fourth-order valence-corrected chi connectivity index (χ4v) is 6.89. The minimum Gasteiger partial charge on any atom is -0.361 e. The number of carbonyl (C=O) groups excluding carboxylic acids is 1. The van der Waals surface area contributed by atoms with Crippen molar-refractivity contribution in [3.05, 3.63) is 49.5 Å². The van der Waals surface area contributed by atoms with Crippen molar-refractivity contribution in [1.29, 1.82) is 0 Å². The van der Waals surface area contributed by atoms with Crippen LogP contribution in [-0.4, -0.2) is 35.5 Å². The highest BCUT2D eigenvalue weighted by molar-refractivity contribution is 7.99.